The van der Waals surface area contributed by atoms with Crippen molar-refractivity contribution < 1.29 is 4.79 Å². The van der Waals surface area contributed by atoms with Crippen LogP contribution in [0.4, 0.5) is 10.5 Å². The second-order valence-electron chi connectivity index (χ2n) is 4.18. The summed E-state index contributed by atoms with van der Waals surface area (Å²) in [5, 5.41) is 9.05. The van der Waals surface area contributed by atoms with Crippen molar-refractivity contribution >= 4 is 22.7 Å². The lowest BCUT2D eigenvalue weighted by atomic mass is 10.1. The van der Waals surface area contributed by atoms with Crippen LogP contribution in [-0.2, 0) is 0 Å². The van der Waals surface area contributed by atoms with E-state index in [1.807, 2.05) is 31.2 Å². The van der Waals surface area contributed by atoms with Gasteiger partial charge in [-0.1, -0.05) is 36.0 Å². The van der Waals surface area contributed by atoms with E-state index in [-0.39, 0.29) is 10.8 Å². The Morgan fingerprint density at radius 1 is 1.29 bits per heavy atom. The lowest BCUT2D eigenvalue weighted by Gasteiger charge is -2.05. The van der Waals surface area contributed by atoms with Crippen LogP contribution in [0.2, 0.25) is 0 Å². The summed E-state index contributed by atoms with van der Waals surface area (Å²) in [6, 6.07) is 10.4. The Balaban J connectivity index is 2.00. The van der Waals surface area contributed by atoms with Gasteiger partial charge in [-0.3, -0.25) is 9.59 Å². The maximum Gasteiger partial charge on any atom is 0.283 e. The topological polar surface area (TPSA) is 74.8 Å². The van der Waals surface area contributed by atoms with Crippen molar-refractivity contribution in [1.29, 1.82) is 0 Å². The van der Waals surface area contributed by atoms with E-state index in [1.54, 1.807) is 18.2 Å². The first-order valence-electron chi connectivity index (χ1n) is 6.40. The third-order valence-electron chi connectivity index (χ3n) is 2.65. The summed E-state index contributed by atoms with van der Waals surface area (Å²) in [4.78, 5) is 22.6. The minimum Gasteiger partial charge on any atom is -0.317 e. The summed E-state index contributed by atoms with van der Waals surface area (Å²) in [6.07, 6.45) is 3.83. The number of amides is 1. The number of thioether (sulfide) groups is 1. The Morgan fingerprint density at radius 3 is 2.67 bits per heavy atom. The lowest BCUT2D eigenvalue weighted by molar-refractivity contribution is 0.270. The average molecular weight is 301 g/mol. The van der Waals surface area contributed by atoms with Crippen LogP contribution in [-0.4, -0.2) is 21.2 Å². The van der Waals surface area contributed by atoms with E-state index in [2.05, 4.69) is 15.5 Å². The van der Waals surface area contributed by atoms with Crippen molar-refractivity contribution in [2.24, 2.45) is 0 Å². The Bertz CT molecular complexity index is 672. The number of aromatic nitrogens is 2. The van der Waals surface area contributed by atoms with Crippen molar-refractivity contribution in [1.82, 2.24) is 10.2 Å². The van der Waals surface area contributed by atoms with Crippen molar-refractivity contribution in [3.8, 4) is 11.3 Å². The smallest absolute Gasteiger partial charge is 0.283 e. The van der Waals surface area contributed by atoms with E-state index in [9.17, 15) is 9.59 Å². The number of anilines is 1. The molecule has 0 bridgehead atoms. The Morgan fingerprint density at radius 2 is 2.05 bits per heavy atom. The average Bonchev–Trinajstić information content (AvgIpc) is 2.49. The van der Waals surface area contributed by atoms with E-state index < -0.39 is 0 Å². The molecular formula is C15H15N3O2S. The quantitative estimate of drug-likeness (QED) is 0.850. The van der Waals surface area contributed by atoms with Gasteiger partial charge in [-0.2, -0.15) is 5.10 Å². The van der Waals surface area contributed by atoms with Gasteiger partial charge in [0.25, 0.3) is 10.8 Å². The van der Waals surface area contributed by atoms with E-state index in [0.29, 0.717) is 11.4 Å². The second-order valence-corrected chi connectivity index (χ2v) is 5.17. The minimum atomic E-state index is -0.235. The zero-order valence-electron chi connectivity index (χ0n) is 11.5. The zero-order chi connectivity index (χ0) is 15.1. The van der Waals surface area contributed by atoms with Crippen molar-refractivity contribution in [3.05, 3.63) is 58.9 Å². The first-order chi connectivity index (χ1) is 10.2. The molecule has 0 unspecified atom stereocenters. The van der Waals surface area contributed by atoms with Crippen LogP contribution in [0.25, 0.3) is 11.3 Å². The molecule has 2 rings (SSSR count). The van der Waals surface area contributed by atoms with Crippen molar-refractivity contribution in [2.45, 2.75) is 6.92 Å². The van der Waals surface area contributed by atoms with Gasteiger partial charge in [0.05, 0.1) is 5.69 Å². The van der Waals surface area contributed by atoms with Gasteiger partial charge in [0.1, 0.15) is 0 Å². The molecule has 0 fully saturated rings. The Hall–Kier alpha value is -2.34. The highest BCUT2D eigenvalue weighted by Crippen LogP contribution is 2.19. The normalized spacial score (nSPS) is 10.7. The Kier molecular flexibility index (Phi) is 5.34. The molecule has 0 aliphatic rings. The molecule has 6 heteroatoms. The number of hydrogen-bond acceptors (Lipinski definition) is 4. The number of hydrogen-bond donors (Lipinski definition) is 2. The number of carbonyl (C=O) groups excluding carboxylic acids is 1. The fourth-order valence-corrected chi connectivity index (χ4v) is 2.23. The highest BCUT2D eigenvalue weighted by atomic mass is 32.2. The fraction of sp³-hybridized carbons (Fsp3) is 0.133. The highest BCUT2D eigenvalue weighted by molar-refractivity contribution is 8.14. The number of allylic oxidation sites excluding steroid dienone is 1. The molecule has 0 aliphatic heterocycles. The maximum absolute atomic E-state index is 11.6. The van der Waals surface area contributed by atoms with Crippen molar-refractivity contribution in [3.63, 3.8) is 0 Å². The van der Waals surface area contributed by atoms with Crippen molar-refractivity contribution in [2.75, 3.05) is 11.1 Å². The van der Waals surface area contributed by atoms with Gasteiger partial charge in [0.15, 0.2) is 0 Å². The minimum absolute atomic E-state index is 0.0944. The summed E-state index contributed by atoms with van der Waals surface area (Å²) >= 11 is 1.21. The maximum atomic E-state index is 11.6. The number of nitrogens with one attached hydrogen (secondary N) is 2. The third-order valence-corrected chi connectivity index (χ3v) is 3.38. The monoisotopic (exact) mass is 301 g/mol. The van der Waals surface area contributed by atoms with Crippen LogP contribution in [0, 0.1) is 0 Å². The first-order valence-corrected chi connectivity index (χ1v) is 7.38. The van der Waals surface area contributed by atoms with Crippen LogP contribution < -0.4 is 10.9 Å². The first kappa shape index (κ1) is 15.1. The molecule has 0 saturated carbocycles. The van der Waals surface area contributed by atoms with Gasteiger partial charge in [-0.05, 0) is 25.1 Å². The number of aromatic amines is 1. The van der Waals surface area contributed by atoms with E-state index in [4.69, 9.17) is 0 Å². The van der Waals surface area contributed by atoms with Crippen LogP contribution in [0.5, 0.6) is 0 Å². The molecule has 5 nitrogen and oxygen atoms in total. The van der Waals surface area contributed by atoms with Crippen LogP contribution >= 0.6 is 11.8 Å². The van der Waals surface area contributed by atoms with E-state index in [0.717, 1.165) is 11.3 Å². The molecule has 1 amide bonds. The number of rotatable bonds is 4. The summed E-state index contributed by atoms with van der Waals surface area (Å²) in [5.41, 5.74) is 2.03. The Labute approximate surface area is 126 Å². The standard InChI is InChI=1S/C15H15N3O2S/c1-2-3-10-21-15(20)16-12-6-4-11(5-7-12)13-8-9-14(19)18-17-13/h2-9H,10H2,1H3,(H,16,20)(H,18,19). The summed E-state index contributed by atoms with van der Waals surface area (Å²) in [5.74, 6) is 0.654. The summed E-state index contributed by atoms with van der Waals surface area (Å²) in [7, 11) is 0. The highest BCUT2D eigenvalue weighted by Gasteiger charge is 2.03. The van der Waals surface area contributed by atoms with Gasteiger partial charge in [0.2, 0.25) is 0 Å². The largest absolute Gasteiger partial charge is 0.317 e. The number of benzene rings is 1. The SMILES string of the molecule is CC=CCSC(=O)Nc1ccc(-c2ccc(=O)[nH]n2)cc1. The molecule has 0 atom stereocenters. The lowest BCUT2D eigenvalue weighted by Crippen LogP contribution is -2.06. The molecule has 21 heavy (non-hydrogen) atoms. The number of nitrogens with zero attached hydrogens (tertiary/aromatic N) is 1. The molecule has 1 heterocycles. The molecule has 1 aromatic carbocycles. The second kappa shape index (κ2) is 7.44. The molecule has 0 spiro atoms. The molecule has 0 radical (unpaired) electrons. The van der Waals surface area contributed by atoms with E-state index >= 15 is 0 Å². The summed E-state index contributed by atoms with van der Waals surface area (Å²) in [6.45, 7) is 1.92. The molecule has 2 aromatic rings. The van der Waals surface area contributed by atoms with Gasteiger partial charge >= 0.3 is 0 Å². The molecular weight excluding hydrogens is 286 g/mol. The molecule has 108 valence electrons. The predicted octanol–water partition coefficient (Wildman–Crippen LogP) is 3.28. The van der Waals surface area contributed by atoms with Gasteiger partial charge in [-0.15, -0.1) is 0 Å². The molecule has 2 N–H and O–H groups in total. The van der Waals surface area contributed by atoms with Crippen LogP contribution in [0.15, 0.2) is 53.3 Å². The van der Waals surface area contributed by atoms with Gasteiger partial charge in [-0.25, -0.2) is 5.10 Å². The van der Waals surface area contributed by atoms with Gasteiger partial charge in [0, 0.05) is 23.1 Å². The van der Waals surface area contributed by atoms with Crippen LogP contribution in [0.1, 0.15) is 6.92 Å². The number of H-pyrrole nitrogens is 1. The molecule has 1 aromatic heterocycles. The third kappa shape index (κ3) is 4.61. The van der Waals surface area contributed by atoms with Gasteiger partial charge < -0.3 is 5.32 Å². The molecule has 0 saturated heterocycles. The van der Waals surface area contributed by atoms with E-state index in [1.165, 1.54) is 17.8 Å². The summed E-state index contributed by atoms with van der Waals surface area (Å²) < 4.78 is 0. The van der Waals surface area contributed by atoms with Crippen LogP contribution in [0.3, 0.4) is 0 Å². The zero-order valence-corrected chi connectivity index (χ0v) is 12.3. The molecule has 0 aliphatic carbocycles. The predicted molar refractivity (Wildman–Crippen MR) is 86.6 cm³/mol. The fourth-order valence-electron chi connectivity index (χ4n) is 1.60. The number of carbonyl (C=O) groups is 1.